The van der Waals surface area contributed by atoms with Crippen molar-refractivity contribution in [1.82, 2.24) is 4.31 Å². The lowest BCUT2D eigenvalue weighted by atomic mass is 9.94. The Morgan fingerprint density at radius 2 is 1.58 bits per heavy atom. The number of nitrogens with zero attached hydrogens (tertiary/aromatic N) is 2. The molecular formula is C21H25N3O7S2. The van der Waals surface area contributed by atoms with Gasteiger partial charge in [-0.25, -0.2) is 16.8 Å². The molecule has 1 saturated heterocycles. The number of nitrogens with one attached hydrogen (secondary N) is 1. The van der Waals surface area contributed by atoms with E-state index in [0.29, 0.717) is 13.1 Å². The third-order valence-electron chi connectivity index (χ3n) is 5.38. The average Bonchev–Trinajstić information content (AvgIpc) is 2.72. The number of anilines is 1. The van der Waals surface area contributed by atoms with Gasteiger partial charge < -0.3 is 5.32 Å². The van der Waals surface area contributed by atoms with E-state index in [4.69, 9.17) is 0 Å². The molecule has 178 valence electrons. The van der Waals surface area contributed by atoms with Crippen LogP contribution in [0.3, 0.4) is 0 Å². The summed E-state index contributed by atoms with van der Waals surface area (Å²) in [6, 6.07) is 8.49. The molecule has 10 nitrogen and oxygen atoms in total. The zero-order chi connectivity index (χ0) is 24.6. The second-order valence-electron chi connectivity index (χ2n) is 8.49. The van der Waals surface area contributed by atoms with E-state index in [0.717, 1.165) is 30.9 Å². The molecule has 0 spiro atoms. The van der Waals surface area contributed by atoms with Gasteiger partial charge in [-0.3, -0.25) is 14.9 Å². The number of carbonyl (C=O) groups excluding carboxylic acids is 1. The van der Waals surface area contributed by atoms with Crippen LogP contribution in [-0.2, 0) is 19.9 Å². The Balaban J connectivity index is 1.82. The van der Waals surface area contributed by atoms with E-state index >= 15 is 0 Å². The molecule has 12 heteroatoms. The maximum absolute atomic E-state index is 13.0. The standard InChI is InChI=1S/C21H25N3O7S2/c1-14-8-15(2)13-23(12-14)33(30,31)19-6-4-17(5-7-19)22-21(25)16-9-18(24(26)27)11-20(10-16)32(3,28)29/h4-7,9-11,14-15H,8,12-13H2,1-3H3,(H,22,25). The van der Waals surface area contributed by atoms with Crippen LogP contribution in [0.2, 0.25) is 0 Å². The van der Waals surface area contributed by atoms with Crippen molar-refractivity contribution in [1.29, 1.82) is 0 Å². The molecule has 0 bridgehead atoms. The Labute approximate surface area is 192 Å². The highest BCUT2D eigenvalue weighted by Gasteiger charge is 2.31. The highest BCUT2D eigenvalue weighted by atomic mass is 32.2. The van der Waals surface area contributed by atoms with E-state index in [9.17, 15) is 31.7 Å². The number of hydrogen-bond donors (Lipinski definition) is 1. The first-order chi connectivity index (χ1) is 15.3. The lowest BCUT2D eigenvalue weighted by Gasteiger charge is -2.34. The second-order valence-corrected chi connectivity index (χ2v) is 12.4. The van der Waals surface area contributed by atoms with Crippen molar-refractivity contribution in [2.24, 2.45) is 11.8 Å². The average molecular weight is 496 g/mol. The zero-order valence-corrected chi connectivity index (χ0v) is 20.0. The summed E-state index contributed by atoms with van der Waals surface area (Å²) in [5, 5.41) is 13.6. The van der Waals surface area contributed by atoms with E-state index in [2.05, 4.69) is 5.32 Å². The lowest BCUT2D eigenvalue weighted by molar-refractivity contribution is -0.385. The van der Waals surface area contributed by atoms with Gasteiger partial charge in [-0.1, -0.05) is 13.8 Å². The number of nitro benzene ring substituents is 1. The molecule has 0 saturated carbocycles. The van der Waals surface area contributed by atoms with Crippen molar-refractivity contribution in [3.8, 4) is 0 Å². The SMILES string of the molecule is CC1CC(C)CN(S(=O)(=O)c2ccc(NC(=O)c3cc([N+](=O)[O-])cc(S(C)(=O)=O)c3)cc2)C1. The molecule has 2 aromatic rings. The number of non-ortho nitro benzene ring substituents is 1. The van der Waals surface area contributed by atoms with Gasteiger partial charge in [0.1, 0.15) is 0 Å². The minimum Gasteiger partial charge on any atom is -0.322 e. The summed E-state index contributed by atoms with van der Waals surface area (Å²) < 4.78 is 51.1. The molecule has 33 heavy (non-hydrogen) atoms. The summed E-state index contributed by atoms with van der Waals surface area (Å²) in [7, 11) is -7.47. The topological polar surface area (TPSA) is 144 Å². The van der Waals surface area contributed by atoms with Gasteiger partial charge in [-0.05, 0) is 48.6 Å². The highest BCUT2D eigenvalue weighted by molar-refractivity contribution is 7.90. The summed E-state index contributed by atoms with van der Waals surface area (Å²) >= 11 is 0. The minimum absolute atomic E-state index is 0.0940. The largest absolute Gasteiger partial charge is 0.322 e. The number of sulfone groups is 1. The quantitative estimate of drug-likeness (QED) is 0.479. The molecule has 1 aliphatic rings. The fourth-order valence-corrected chi connectivity index (χ4v) is 6.25. The van der Waals surface area contributed by atoms with Gasteiger partial charge >= 0.3 is 0 Å². The minimum atomic E-state index is -3.78. The highest BCUT2D eigenvalue weighted by Crippen LogP contribution is 2.27. The summed E-state index contributed by atoms with van der Waals surface area (Å²) in [5.41, 5.74) is -0.487. The first-order valence-electron chi connectivity index (χ1n) is 10.2. The molecule has 1 N–H and O–H groups in total. The fraction of sp³-hybridized carbons (Fsp3) is 0.381. The number of rotatable bonds is 6. The van der Waals surface area contributed by atoms with Gasteiger partial charge in [0.2, 0.25) is 10.0 Å². The number of nitro groups is 1. The number of benzene rings is 2. The number of amides is 1. The van der Waals surface area contributed by atoms with Gasteiger partial charge in [0, 0.05) is 42.7 Å². The maximum atomic E-state index is 13.0. The number of carbonyl (C=O) groups is 1. The molecule has 1 amide bonds. The van der Waals surface area contributed by atoms with Gasteiger partial charge in [0.05, 0.1) is 14.7 Å². The molecule has 1 fully saturated rings. The monoisotopic (exact) mass is 495 g/mol. The zero-order valence-electron chi connectivity index (χ0n) is 18.4. The van der Waals surface area contributed by atoms with E-state index < -0.39 is 36.4 Å². The fourth-order valence-electron chi connectivity index (χ4n) is 3.90. The Hall–Kier alpha value is -2.83. The predicted molar refractivity (Wildman–Crippen MR) is 122 cm³/mol. The molecule has 0 radical (unpaired) electrons. The first kappa shape index (κ1) is 24.8. The molecule has 2 aromatic carbocycles. The summed E-state index contributed by atoms with van der Waals surface area (Å²) in [5.74, 6) is -0.249. The van der Waals surface area contributed by atoms with Crippen LogP contribution in [0.1, 0.15) is 30.6 Å². The summed E-state index contributed by atoms with van der Waals surface area (Å²) in [4.78, 5) is 22.7. The first-order valence-corrected chi connectivity index (χ1v) is 13.5. The molecule has 3 rings (SSSR count). The smallest absolute Gasteiger partial charge is 0.271 e. The summed E-state index contributed by atoms with van der Waals surface area (Å²) in [6.07, 6.45) is 1.85. The molecular weight excluding hydrogens is 470 g/mol. The maximum Gasteiger partial charge on any atom is 0.271 e. The predicted octanol–water partition coefficient (Wildman–Crippen LogP) is 2.92. The summed E-state index contributed by atoms with van der Waals surface area (Å²) in [6.45, 7) is 4.92. The Kier molecular flexibility index (Phi) is 6.91. The van der Waals surface area contributed by atoms with Crippen molar-refractivity contribution in [2.75, 3.05) is 24.7 Å². The van der Waals surface area contributed by atoms with Crippen molar-refractivity contribution < 1.29 is 26.6 Å². The number of piperidine rings is 1. The van der Waals surface area contributed by atoms with E-state index in [1.807, 2.05) is 13.8 Å². The molecule has 2 unspecified atom stereocenters. The molecule has 0 aromatic heterocycles. The second kappa shape index (κ2) is 9.20. The molecule has 1 heterocycles. The molecule has 1 aliphatic heterocycles. The number of hydrogen-bond acceptors (Lipinski definition) is 7. The number of sulfonamides is 1. The van der Waals surface area contributed by atoms with Crippen molar-refractivity contribution >= 4 is 37.1 Å². The van der Waals surface area contributed by atoms with Crippen molar-refractivity contribution in [3.05, 3.63) is 58.1 Å². The van der Waals surface area contributed by atoms with Crippen LogP contribution in [0.15, 0.2) is 52.3 Å². The third-order valence-corrected chi connectivity index (χ3v) is 8.32. The van der Waals surface area contributed by atoms with E-state index in [1.165, 1.54) is 28.6 Å². The Morgan fingerprint density at radius 1 is 1.00 bits per heavy atom. The van der Waals surface area contributed by atoms with Gasteiger partial charge in [-0.15, -0.1) is 0 Å². The van der Waals surface area contributed by atoms with Crippen LogP contribution in [0.4, 0.5) is 11.4 Å². The lowest BCUT2D eigenvalue weighted by Crippen LogP contribution is -2.42. The Morgan fingerprint density at radius 3 is 2.09 bits per heavy atom. The third kappa shape index (κ3) is 5.75. The van der Waals surface area contributed by atoms with E-state index in [-0.39, 0.29) is 32.9 Å². The van der Waals surface area contributed by atoms with Gasteiger partial charge in [-0.2, -0.15) is 4.31 Å². The van der Waals surface area contributed by atoms with Crippen LogP contribution >= 0.6 is 0 Å². The Bertz CT molecular complexity index is 1280. The van der Waals surface area contributed by atoms with Crippen LogP contribution in [0.5, 0.6) is 0 Å². The van der Waals surface area contributed by atoms with Gasteiger partial charge in [0.15, 0.2) is 9.84 Å². The van der Waals surface area contributed by atoms with Crippen LogP contribution in [0, 0.1) is 22.0 Å². The van der Waals surface area contributed by atoms with Crippen LogP contribution in [-0.4, -0.2) is 51.3 Å². The van der Waals surface area contributed by atoms with Crippen LogP contribution in [0.25, 0.3) is 0 Å². The van der Waals surface area contributed by atoms with Gasteiger partial charge in [0.25, 0.3) is 11.6 Å². The van der Waals surface area contributed by atoms with Crippen molar-refractivity contribution in [2.45, 2.75) is 30.1 Å². The van der Waals surface area contributed by atoms with Crippen LogP contribution < -0.4 is 5.32 Å². The molecule has 0 aliphatic carbocycles. The molecule has 2 atom stereocenters. The normalized spacial score (nSPS) is 19.7. The van der Waals surface area contributed by atoms with Crippen molar-refractivity contribution in [3.63, 3.8) is 0 Å². The van der Waals surface area contributed by atoms with E-state index in [1.54, 1.807) is 0 Å².